The molecule has 0 unspecified atom stereocenters. The lowest BCUT2D eigenvalue weighted by Crippen LogP contribution is -2.27. The largest absolute Gasteiger partial charge is 0.371 e. The number of hydrogen-bond donors (Lipinski definition) is 1. The van der Waals surface area contributed by atoms with E-state index in [-0.39, 0.29) is 0 Å². The van der Waals surface area contributed by atoms with E-state index >= 15 is 0 Å². The van der Waals surface area contributed by atoms with Crippen LogP contribution < -0.4 is 10.2 Å². The van der Waals surface area contributed by atoms with Crippen molar-refractivity contribution in [2.75, 3.05) is 24.5 Å². The van der Waals surface area contributed by atoms with Crippen molar-refractivity contribution in [2.45, 2.75) is 46.6 Å². The van der Waals surface area contributed by atoms with E-state index in [1.807, 2.05) is 6.20 Å². The summed E-state index contributed by atoms with van der Waals surface area (Å²) in [6.45, 7) is 11.0. The third kappa shape index (κ3) is 5.12. The molecule has 0 aliphatic heterocycles. The molecule has 0 atom stereocenters. The molecule has 1 aromatic rings. The van der Waals surface area contributed by atoms with Crippen LogP contribution in [-0.2, 0) is 6.54 Å². The number of aromatic nitrogens is 1. The van der Waals surface area contributed by atoms with Crippen LogP contribution >= 0.6 is 0 Å². The van der Waals surface area contributed by atoms with Crippen LogP contribution in [0.15, 0.2) is 18.3 Å². The zero-order valence-electron chi connectivity index (χ0n) is 13.2. The molecule has 3 nitrogen and oxygen atoms in total. The fourth-order valence-corrected chi connectivity index (χ4v) is 2.46. The Morgan fingerprint density at radius 1 is 1.40 bits per heavy atom. The van der Waals surface area contributed by atoms with E-state index in [0.29, 0.717) is 5.92 Å². The van der Waals surface area contributed by atoms with Gasteiger partial charge in [-0.3, -0.25) is 4.98 Å². The summed E-state index contributed by atoms with van der Waals surface area (Å²) in [5.41, 5.74) is 2.50. The molecular formula is C17H29N3. The van der Waals surface area contributed by atoms with E-state index in [4.69, 9.17) is 0 Å². The lowest BCUT2D eigenvalue weighted by atomic mass is 10.2. The van der Waals surface area contributed by atoms with E-state index in [1.54, 1.807) is 0 Å². The van der Waals surface area contributed by atoms with Gasteiger partial charge in [0.2, 0.25) is 0 Å². The second kappa shape index (κ2) is 7.63. The topological polar surface area (TPSA) is 28.2 Å². The molecule has 2 rings (SSSR count). The Balaban J connectivity index is 1.94. The van der Waals surface area contributed by atoms with Crippen molar-refractivity contribution in [2.24, 2.45) is 11.8 Å². The van der Waals surface area contributed by atoms with Crippen molar-refractivity contribution in [3.63, 3.8) is 0 Å². The van der Waals surface area contributed by atoms with Crippen LogP contribution in [0, 0.1) is 11.8 Å². The zero-order chi connectivity index (χ0) is 14.4. The molecule has 1 aromatic heterocycles. The molecule has 1 fully saturated rings. The zero-order valence-corrected chi connectivity index (χ0v) is 13.2. The molecule has 20 heavy (non-hydrogen) atoms. The molecule has 1 aliphatic rings. The highest BCUT2D eigenvalue weighted by Gasteiger charge is 2.24. The summed E-state index contributed by atoms with van der Waals surface area (Å²) in [7, 11) is 0. The minimum atomic E-state index is 0.685. The number of nitrogens with one attached hydrogen (secondary N) is 1. The van der Waals surface area contributed by atoms with Gasteiger partial charge in [-0.1, -0.05) is 20.8 Å². The molecule has 0 saturated heterocycles. The third-order valence-corrected chi connectivity index (χ3v) is 3.69. The number of rotatable bonds is 9. The fourth-order valence-electron chi connectivity index (χ4n) is 2.46. The minimum Gasteiger partial charge on any atom is -0.371 e. The molecule has 1 saturated carbocycles. The maximum absolute atomic E-state index is 4.48. The normalized spacial score (nSPS) is 14.8. The molecule has 0 radical (unpaired) electrons. The molecule has 0 bridgehead atoms. The molecule has 0 amide bonds. The molecule has 1 aliphatic carbocycles. The van der Waals surface area contributed by atoms with Gasteiger partial charge in [0.1, 0.15) is 0 Å². The van der Waals surface area contributed by atoms with E-state index in [2.05, 4.69) is 48.1 Å². The van der Waals surface area contributed by atoms with Crippen molar-refractivity contribution in [1.29, 1.82) is 0 Å². The molecule has 112 valence electrons. The summed E-state index contributed by atoms with van der Waals surface area (Å²) in [6.07, 6.45) is 5.98. The van der Waals surface area contributed by atoms with Crippen molar-refractivity contribution in [3.8, 4) is 0 Å². The summed E-state index contributed by atoms with van der Waals surface area (Å²) in [5, 5.41) is 3.47. The lowest BCUT2D eigenvalue weighted by molar-refractivity contribution is 0.548. The molecule has 1 heterocycles. The monoisotopic (exact) mass is 275 g/mol. The van der Waals surface area contributed by atoms with Crippen molar-refractivity contribution < 1.29 is 0 Å². The van der Waals surface area contributed by atoms with Crippen molar-refractivity contribution >= 4 is 5.69 Å². The Morgan fingerprint density at radius 3 is 2.85 bits per heavy atom. The molecule has 0 aromatic carbocycles. The van der Waals surface area contributed by atoms with Gasteiger partial charge in [0, 0.05) is 31.5 Å². The smallest absolute Gasteiger partial charge is 0.0562 e. The maximum Gasteiger partial charge on any atom is 0.0562 e. The summed E-state index contributed by atoms with van der Waals surface area (Å²) in [5.74, 6) is 1.61. The van der Waals surface area contributed by atoms with E-state index < -0.39 is 0 Å². The van der Waals surface area contributed by atoms with Crippen LogP contribution in [0.3, 0.4) is 0 Å². The van der Waals surface area contributed by atoms with Crippen LogP contribution in [0.1, 0.15) is 45.7 Å². The number of hydrogen-bond acceptors (Lipinski definition) is 3. The van der Waals surface area contributed by atoms with E-state index in [0.717, 1.165) is 31.2 Å². The average Bonchev–Trinajstić information content (AvgIpc) is 3.22. The molecule has 0 spiro atoms. The van der Waals surface area contributed by atoms with Gasteiger partial charge in [-0.15, -0.1) is 0 Å². The average molecular weight is 275 g/mol. The summed E-state index contributed by atoms with van der Waals surface area (Å²) in [4.78, 5) is 7.02. The van der Waals surface area contributed by atoms with Gasteiger partial charge >= 0.3 is 0 Å². The predicted octanol–water partition coefficient (Wildman–Crippen LogP) is 3.45. The third-order valence-electron chi connectivity index (χ3n) is 3.69. The first-order valence-corrected chi connectivity index (χ1v) is 8.09. The Bertz CT molecular complexity index is 399. The summed E-state index contributed by atoms with van der Waals surface area (Å²) in [6, 6.07) is 4.41. The van der Waals surface area contributed by atoms with Crippen molar-refractivity contribution in [3.05, 3.63) is 24.0 Å². The minimum absolute atomic E-state index is 0.685. The van der Waals surface area contributed by atoms with Crippen LogP contribution in [-0.4, -0.2) is 24.6 Å². The number of anilines is 1. The number of pyridine rings is 1. The van der Waals surface area contributed by atoms with Crippen LogP contribution in [0.5, 0.6) is 0 Å². The van der Waals surface area contributed by atoms with Gasteiger partial charge in [0.05, 0.1) is 5.69 Å². The SMILES string of the molecule is CCCN(CC1CC1)c1ccnc(CNCC(C)C)c1. The Labute approximate surface area is 123 Å². The van der Waals surface area contributed by atoms with Gasteiger partial charge in [-0.2, -0.15) is 0 Å². The highest BCUT2D eigenvalue weighted by Crippen LogP contribution is 2.31. The van der Waals surface area contributed by atoms with Crippen LogP contribution in [0.25, 0.3) is 0 Å². The van der Waals surface area contributed by atoms with Crippen LogP contribution in [0.4, 0.5) is 5.69 Å². The van der Waals surface area contributed by atoms with Gasteiger partial charge in [-0.25, -0.2) is 0 Å². The molecule has 1 N–H and O–H groups in total. The Hall–Kier alpha value is -1.09. The second-order valence-electron chi connectivity index (χ2n) is 6.42. The van der Waals surface area contributed by atoms with Crippen LogP contribution in [0.2, 0.25) is 0 Å². The first-order chi connectivity index (χ1) is 9.69. The highest BCUT2D eigenvalue weighted by atomic mass is 15.1. The van der Waals surface area contributed by atoms with Gasteiger partial charge in [0.25, 0.3) is 0 Å². The summed E-state index contributed by atoms with van der Waals surface area (Å²) >= 11 is 0. The quantitative estimate of drug-likeness (QED) is 0.748. The van der Waals surface area contributed by atoms with Crippen molar-refractivity contribution in [1.82, 2.24) is 10.3 Å². The fraction of sp³-hybridized carbons (Fsp3) is 0.706. The van der Waals surface area contributed by atoms with E-state index in [1.165, 1.54) is 31.5 Å². The first-order valence-electron chi connectivity index (χ1n) is 8.09. The first kappa shape index (κ1) is 15.3. The Kier molecular flexibility index (Phi) is 5.84. The maximum atomic E-state index is 4.48. The molecular weight excluding hydrogens is 246 g/mol. The van der Waals surface area contributed by atoms with Gasteiger partial charge in [-0.05, 0) is 49.8 Å². The molecule has 3 heteroatoms. The van der Waals surface area contributed by atoms with E-state index in [9.17, 15) is 0 Å². The standard InChI is InChI=1S/C17H29N3/c1-4-9-20(13-15-5-6-15)17-7-8-19-16(10-17)12-18-11-14(2)3/h7-8,10,14-15,18H,4-6,9,11-13H2,1-3H3. The predicted molar refractivity (Wildman–Crippen MR) is 86.0 cm³/mol. The second-order valence-corrected chi connectivity index (χ2v) is 6.42. The summed E-state index contributed by atoms with van der Waals surface area (Å²) < 4.78 is 0. The number of nitrogens with zero attached hydrogens (tertiary/aromatic N) is 2. The highest BCUT2D eigenvalue weighted by molar-refractivity contribution is 5.46. The van der Waals surface area contributed by atoms with Gasteiger partial charge in [0.15, 0.2) is 0 Å². The lowest BCUT2D eigenvalue weighted by Gasteiger charge is -2.24. The van der Waals surface area contributed by atoms with Gasteiger partial charge < -0.3 is 10.2 Å². The Morgan fingerprint density at radius 2 is 2.20 bits per heavy atom.